The maximum Gasteiger partial charge on any atom is 0.239 e. The lowest BCUT2D eigenvalue weighted by Crippen LogP contribution is -2.52. The highest BCUT2D eigenvalue weighted by atomic mass is 79.9. The van der Waals surface area contributed by atoms with Gasteiger partial charge < -0.3 is 29.7 Å². The number of nitrogens with zero attached hydrogens (tertiary/aromatic N) is 9. The van der Waals surface area contributed by atoms with Crippen LogP contribution in [0.3, 0.4) is 0 Å². The van der Waals surface area contributed by atoms with Crippen LogP contribution in [-0.4, -0.2) is 113 Å². The molecule has 0 unspecified atom stereocenters. The first-order chi connectivity index (χ1) is 22.1. The van der Waals surface area contributed by atoms with Crippen LogP contribution in [0.4, 0.5) is 29.0 Å². The van der Waals surface area contributed by atoms with Crippen molar-refractivity contribution in [2.75, 3.05) is 82.3 Å². The normalized spacial score (nSPS) is 17.0. The Kier molecular flexibility index (Phi) is 9.69. The van der Waals surface area contributed by atoms with Gasteiger partial charge in [0.1, 0.15) is 30.0 Å². The summed E-state index contributed by atoms with van der Waals surface area (Å²) < 4.78 is 19.8. The summed E-state index contributed by atoms with van der Waals surface area (Å²) in [6.45, 7) is 12.1. The molecular weight excluding hydrogens is 669 g/mol. The molecule has 6 rings (SSSR count). The van der Waals surface area contributed by atoms with Crippen molar-refractivity contribution in [2.45, 2.75) is 32.2 Å². The first-order valence-electron chi connectivity index (χ1n) is 15.6. The number of likely N-dealkylation sites (N-methyl/N-ethyl adjacent to an activating group) is 1. The quantitative estimate of drug-likeness (QED) is 0.236. The van der Waals surface area contributed by atoms with E-state index in [-0.39, 0.29) is 0 Å². The number of aryl methyl sites for hydroxylation is 1. The average molecular weight is 711 g/mol. The van der Waals surface area contributed by atoms with Crippen LogP contribution in [0.1, 0.15) is 25.3 Å². The van der Waals surface area contributed by atoms with Gasteiger partial charge in [0.15, 0.2) is 5.65 Å². The molecule has 244 valence electrons. The third-order valence-corrected chi connectivity index (χ3v) is 10.8. The fraction of sp³-hybridized carbons (Fsp3) is 0.484. The van der Waals surface area contributed by atoms with Gasteiger partial charge >= 0.3 is 0 Å². The molecule has 4 aromatic heterocycles. The average Bonchev–Trinajstić information content (AvgIpc) is 3.06. The van der Waals surface area contributed by atoms with Crippen LogP contribution in [0.2, 0.25) is 0 Å². The standard InChI is InChI=1S/C31H41BrN11O2P/c1-6-20-17-23(30(45-3)40-29(20)43-11-7-21(8-12-43)42-15-13-41(2)14-16-42)38-31-36-18-22(32)27(39-31)37-24-19-35-28-25(33-9-10-34-28)26(24)46(4,5)44/h9-10,17-19,21H,6-8,11-16H2,1-5H3,(H2,36,37,38,39). The van der Waals surface area contributed by atoms with Crippen LogP contribution in [0, 0.1) is 0 Å². The number of halogens is 1. The van der Waals surface area contributed by atoms with Crippen molar-refractivity contribution >= 4 is 68.5 Å². The fourth-order valence-electron chi connectivity index (χ4n) is 6.24. The largest absolute Gasteiger partial charge is 0.479 e. The summed E-state index contributed by atoms with van der Waals surface area (Å²) in [6.07, 6.45) is 9.49. The van der Waals surface area contributed by atoms with E-state index in [4.69, 9.17) is 14.7 Å². The molecule has 6 heterocycles. The van der Waals surface area contributed by atoms with Crippen molar-refractivity contribution in [1.82, 2.24) is 39.7 Å². The monoisotopic (exact) mass is 709 g/mol. The molecule has 2 aliphatic rings. The molecule has 0 aliphatic carbocycles. The van der Waals surface area contributed by atoms with E-state index in [0.717, 1.165) is 69.9 Å². The van der Waals surface area contributed by atoms with Gasteiger partial charge in [-0.15, -0.1) is 0 Å². The number of rotatable bonds is 9. The molecule has 2 aliphatic heterocycles. The fourth-order valence-corrected chi connectivity index (χ4v) is 7.90. The summed E-state index contributed by atoms with van der Waals surface area (Å²) in [5.41, 5.74) is 3.28. The lowest BCUT2D eigenvalue weighted by Gasteiger charge is -2.42. The van der Waals surface area contributed by atoms with Crippen molar-refractivity contribution in [3.63, 3.8) is 0 Å². The van der Waals surface area contributed by atoms with Gasteiger partial charge in [0.25, 0.3) is 0 Å². The molecule has 13 nitrogen and oxygen atoms in total. The molecule has 2 saturated heterocycles. The van der Waals surface area contributed by atoms with Crippen LogP contribution in [-0.2, 0) is 11.0 Å². The van der Waals surface area contributed by atoms with Crippen molar-refractivity contribution in [2.24, 2.45) is 0 Å². The number of hydrogen-bond acceptors (Lipinski definition) is 13. The number of hydrogen-bond donors (Lipinski definition) is 2. The van der Waals surface area contributed by atoms with Gasteiger partial charge in [0, 0.05) is 63.9 Å². The predicted octanol–water partition coefficient (Wildman–Crippen LogP) is 4.49. The highest BCUT2D eigenvalue weighted by molar-refractivity contribution is 9.10. The molecule has 0 saturated carbocycles. The molecule has 0 radical (unpaired) electrons. The molecule has 0 aromatic carbocycles. The van der Waals surface area contributed by atoms with E-state index in [2.05, 4.69) is 81.2 Å². The maximum atomic E-state index is 13.4. The van der Waals surface area contributed by atoms with E-state index >= 15 is 0 Å². The van der Waals surface area contributed by atoms with Gasteiger partial charge in [0.05, 0.1) is 28.8 Å². The number of fused-ring (bicyclic) bond motifs is 1. The van der Waals surface area contributed by atoms with Crippen LogP contribution in [0.25, 0.3) is 11.2 Å². The highest BCUT2D eigenvalue weighted by Crippen LogP contribution is 2.41. The Bertz CT molecular complexity index is 1750. The zero-order chi connectivity index (χ0) is 32.4. The summed E-state index contributed by atoms with van der Waals surface area (Å²) in [6, 6.07) is 2.71. The van der Waals surface area contributed by atoms with Crippen molar-refractivity contribution < 1.29 is 9.30 Å². The third kappa shape index (κ3) is 6.95. The smallest absolute Gasteiger partial charge is 0.239 e. The number of ether oxygens (including phenoxy) is 1. The number of nitrogens with one attached hydrogen (secondary N) is 2. The molecule has 0 spiro atoms. The summed E-state index contributed by atoms with van der Waals surface area (Å²) in [5.74, 6) is 2.27. The maximum absolute atomic E-state index is 13.4. The third-order valence-electron chi connectivity index (χ3n) is 8.69. The summed E-state index contributed by atoms with van der Waals surface area (Å²) in [5, 5.41) is 7.18. The van der Waals surface area contributed by atoms with Crippen LogP contribution in [0.15, 0.2) is 35.3 Å². The minimum absolute atomic E-state index is 0.347. The molecule has 15 heteroatoms. The van der Waals surface area contributed by atoms with E-state index in [0.29, 0.717) is 56.0 Å². The van der Waals surface area contributed by atoms with E-state index < -0.39 is 7.14 Å². The van der Waals surface area contributed by atoms with Crippen LogP contribution in [0.5, 0.6) is 5.88 Å². The molecule has 0 bridgehead atoms. The topological polar surface area (TPSA) is 137 Å². The number of anilines is 5. The summed E-state index contributed by atoms with van der Waals surface area (Å²) in [4.78, 5) is 34.8. The number of piperazine rings is 1. The van der Waals surface area contributed by atoms with E-state index in [9.17, 15) is 4.57 Å². The van der Waals surface area contributed by atoms with Crippen molar-refractivity contribution in [3.05, 3.63) is 40.9 Å². The molecule has 2 N–H and O–H groups in total. The minimum atomic E-state index is -2.78. The molecule has 4 aromatic rings. The van der Waals surface area contributed by atoms with Gasteiger partial charge in [-0.25, -0.2) is 15.0 Å². The van der Waals surface area contributed by atoms with Gasteiger partial charge in [0.2, 0.25) is 11.8 Å². The first-order valence-corrected chi connectivity index (χ1v) is 19.0. The second-order valence-electron chi connectivity index (χ2n) is 12.2. The minimum Gasteiger partial charge on any atom is -0.479 e. The van der Waals surface area contributed by atoms with E-state index in [1.165, 1.54) is 0 Å². The Labute approximate surface area is 278 Å². The Balaban J connectivity index is 1.23. The zero-order valence-corrected chi connectivity index (χ0v) is 29.5. The van der Waals surface area contributed by atoms with Crippen molar-refractivity contribution in [3.8, 4) is 5.88 Å². The number of piperidine rings is 1. The highest BCUT2D eigenvalue weighted by Gasteiger charge is 2.29. The Morgan fingerprint density at radius 2 is 1.70 bits per heavy atom. The lowest BCUT2D eigenvalue weighted by molar-refractivity contribution is 0.0981. The SMILES string of the molecule is CCc1cc(Nc2ncc(Br)c(Nc3cnc4nccnc4c3P(C)(C)=O)n2)c(OC)nc1N1CCC(N2CCN(C)CC2)CC1. The molecule has 0 atom stereocenters. The van der Waals surface area contributed by atoms with Gasteiger partial charge in [-0.1, -0.05) is 6.92 Å². The molecular formula is C31H41BrN11O2P. The first kappa shape index (κ1) is 32.5. The Morgan fingerprint density at radius 1 is 0.957 bits per heavy atom. The Morgan fingerprint density at radius 3 is 2.39 bits per heavy atom. The van der Waals surface area contributed by atoms with Gasteiger partial charge in [-0.05, 0) is 67.2 Å². The number of methoxy groups -OCH3 is 1. The molecule has 0 amide bonds. The second kappa shape index (κ2) is 13.7. The van der Waals surface area contributed by atoms with Crippen LogP contribution < -0.4 is 25.6 Å². The molecule has 46 heavy (non-hydrogen) atoms. The zero-order valence-electron chi connectivity index (χ0n) is 27.0. The van der Waals surface area contributed by atoms with E-state index in [1.54, 1.807) is 45.2 Å². The number of pyridine rings is 2. The number of aromatic nitrogens is 6. The molecule has 2 fully saturated rings. The summed E-state index contributed by atoms with van der Waals surface area (Å²) in [7, 11) is 1.05. The van der Waals surface area contributed by atoms with Gasteiger partial charge in [-0.2, -0.15) is 9.97 Å². The van der Waals surface area contributed by atoms with Gasteiger partial charge in [-0.3, -0.25) is 9.88 Å². The lowest BCUT2D eigenvalue weighted by atomic mass is 10.0. The Hall–Kier alpha value is -3.45. The van der Waals surface area contributed by atoms with Crippen molar-refractivity contribution in [1.29, 1.82) is 0 Å². The second-order valence-corrected chi connectivity index (χ2v) is 16.2. The predicted molar refractivity (Wildman–Crippen MR) is 187 cm³/mol. The van der Waals surface area contributed by atoms with E-state index in [1.807, 2.05) is 0 Å². The van der Waals surface area contributed by atoms with Crippen LogP contribution >= 0.6 is 23.1 Å². The summed E-state index contributed by atoms with van der Waals surface area (Å²) >= 11 is 3.55.